The highest BCUT2D eigenvalue weighted by Crippen LogP contribution is 2.33. The molecule has 0 bridgehead atoms. The number of nitrogens with zero attached hydrogens (tertiary/aromatic N) is 2. The molecule has 0 saturated carbocycles. The maximum Gasteiger partial charge on any atom is 0.275 e. The van der Waals surface area contributed by atoms with Gasteiger partial charge in [0, 0.05) is 12.1 Å². The molecule has 2 rings (SSSR count). The van der Waals surface area contributed by atoms with Crippen molar-refractivity contribution in [3.8, 4) is 11.5 Å². The van der Waals surface area contributed by atoms with Crippen molar-refractivity contribution >= 4 is 17.5 Å². The van der Waals surface area contributed by atoms with Crippen LogP contribution in [0, 0.1) is 30.9 Å². The number of benzene rings is 2. The van der Waals surface area contributed by atoms with E-state index in [2.05, 4.69) is 4.99 Å². The molecule has 0 saturated heterocycles. The van der Waals surface area contributed by atoms with E-state index in [1.807, 2.05) is 32.9 Å². The third kappa shape index (κ3) is 3.37. The Hall–Kier alpha value is -2.98. The van der Waals surface area contributed by atoms with E-state index in [9.17, 15) is 14.9 Å². The van der Waals surface area contributed by atoms with Crippen LogP contribution in [0.3, 0.4) is 0 Å². The number of aryl methyl sites for hydroxylation is 2. The Bertz CT molecular complexity index is 773. The largest absolute Gasteiger partial charge is 0.457 e. The first kappa shape index (κ1) is 15.4. The summed E-state index contributed by atoms with van der Waals surface area (Å²) in [4.78, 5) is 24.2. The van der Waals surface area contributed by atoms with Crippen molar-refractivity contribution in [3.05, 3.63) is 57.1 Å². The van der Waals surface area contributed by atoms with Gasteiger partial charge < -0.3 is 4.74 Å². The Morgan fingerprint density at radius 3 is 2.50 bits per heavy atom. The third-order valence-corrected chi connectivity index (χ3v) is 3.25. The lowest BCUT2D eigenvalue weighted by Crippen LogP contribution is -1.93. The fourth-order valence-corrected chi connectivity index (χ4v) is 2.08. The monoisotopic (exact) mass is 298 g/mol. The van der Waals surface area contributed by atoms with Crippen LogP contribution in [-0.2, 0) is 4.79 Å². The first-order chi connectivity index (χ1) is 10.4. The summed E-state index contributed by atoms with van der Waals surface area (Å²) in [7, 11) is 0. The SMILES string of the molecule is Cc1cc(C)c(C)c(Oc2cc(N=C=O)cc([N+](=O)[O-])c2)c1. The summed E-state index contributed by atoms with van der Waals surface area (Å²) in [5, 5.41) is 10.9. The predicted octanol–water partition coefficient (Wildman–Crippen LogP) is 4.28. The average molecular weight is 298 g/mol. The van der Waals surface area contributed by atoms with Crippen LogP contribution < -0.4 is 4.74 Å². The zero-order chi connectivity index (χ0) is 16.3. The van der Waals surface area contributed by atoms with Crippen molar-refractivity contribution in [1.29, 1.82) is 0 Å². The molecule has 112 valence electrons. The van der Waals surface area contributed by atoms with Crippen LogP contribution in [0.15, 0.2) is 35.3 Å². The lowest BCUT2D eigenvalue weighted by Gasteiger charge is -2.12. The summed E-state index contributed by atoms with van der Waals surface area (Å²) >= 11 is 0. The van der Waals surface area contributed by atoms with Crippen LogP contribution in [0.5, 0.6) is 11.5 Å². The standard InChI is InChI=1S/C16H14N2O4/c1-10-4-11(2)12(3)16(5-10)22-15-7-13(17-9-19)6-14(8-15)18(20)21/h4-8H,1-3H3. The summed E-state index contributed by atoms with van der Waals surface area (Å²) in [5.74, 6) is 0.857. The van der Waals surface area contributed by atoms with Gasteiger partial charge in [-0.05, 0) is 43.5 Å². The highest BCUT2D eigenvalue weighted by Gasteiger charge is 2.12. The van der Waals surface area contributed by atoms with Crippen LogP contribution in [0.25, 0.3) is 0 Å². The van der Waals surface area contributed by atoms with Gasteiger partial charge in [-0.25, -0.2) is 4.79 Å². The number of isocyanates is 1. The first-order valence-corrected chi connectivity index (χ1v) is 6.54. The van der Waals surface area contributed by atoms with Gasteiger partial charge in [-0.15, -0.1) is 0 Å². The predicted molar refractivity (Wildman–Crippen MR) is 81.6 cm³/mol. The molecule has 0 aliphatic rings. The maximum atomic E-state index is 10.9. The van der Waals surface area contributed by atoms with Crippen molar-refractivity contribution in [2.24, 2.45) is 4.99 Å². The van der Waals surface area contributed by atoms with Gasteiger partial charge in [0.2, 0.25) is 6.08 Å². The van der Waals surface area contributed by atoms with Crippen molar-refractivity contribution in [2.75, 3.05) is 0 Å². The van der Waals surface area contributed by atoms with E-state index in [0.717, 1.165) is 16.7 Å². The van der Waals surface area contributed by atoms with Crippen molar-refractivity contribution < 1.29 is 14.5 Å². The van der Waals surface area contributed by atoms with Gasteiger partial charge in [0.25, 0.3) is 5.69 Å². The van der Waals surface area contributed by atoms with E-state index in [4.69, 9.17) is 4.74 Å². The number of nitro benzene ring substituents is 1. The van der Waals surface area contributed by atoms with E-state index in [1.54, 1.807) is 0 Å². The molecule has 0 radical (unpaired) electrons. The second-order valence-electron chi connectivity index (χ2n) is 4.95. The molecule has 2 aromatic rings. The minimum absolute atomic E-state index is 0.126. The molecule has 0 aliphatic carbocycles. The smallest absolute Gasteiger partial charge is 0.275 e. The minimum Gasteiger partial charge on any atom is -0.457 e. The van der Waals surface area contributed by atoms with Crippen LogP contribution in [0.2, 0.25) is 0 Å². The van der Waals surface area contributed by atoms with Crippen molar-refractivity contribution in [1.82, 2.24) is 0 Å². The topological polar surface area (TPSA) is 81.8 Å². The second kappa shape index (κ2) is 6.20. The van der Waals surface area contributed by atoms with Crippen LogP contribution in [-0.4, -0.2) is 11.0 Å². The summed E-state index contributed by atoms with van der Waals surface area (Å²) in [5.41, 5.74) is 2.95. The molecule has 0 aliphatic heterocycles. The number of aliphatic imine (C=N–C) groups is 1. The van der Waals surface area contributed by atoms with Gasteiger partial charge in [-0.2, -0.15) is 4.99 Å². The highest BCUT2D eigenvalue weighted by atomic mass is 16.6. The molecule has 2 aromatic carbocycles. The molecule has 0 aromatic heterocycles. The number of rotatable bonds is 4. The molecule has 22 heavy (non-hydrogen) atoms. The molecule has 0 unspecified atom stereocenters. The summed E-state index contributed by atoms with van der Waals surface area (Å²) in [6, 6.07) is 7.81. The second-order valence-corrected chi connectivity index (χ2v) is 4.95. The summed E-state index contributed by atoms with van der Waals surface area (Å²) in [6.07, 6.45) is 1.37. The number of non-ortho nitro benzene ring substituents is 1. The van der Waals surface area contributed by atoms with E-state index < -0.39 is 4.92 Å². The molecule has 0 fully saturated rings. The number of hydrogen-bond donors (Lipinski definition) is 0. The van der Waals surface area contributed by atoms with Crippen molar-refractivity contribution in [3.63, 3.8) is 0 Å². The van der Waals surface area contributed by atoms with E-state index >= 15 is 0 Å². The maximum absolute atomic E-state index is 10.9. The fourth-order valence-electron chi connectivity index (χ4n) is 2.08. The fraction of sp³-hybridized carbons (Fsp3) is 0.188. The number of carbonyl (C=O) groups excluding carboxylic acids is 1. The zero-order valence-electron chi connectivity index (χ0n) is 12.4. The zero-order valence-corrected chi connectivity index (χ0v) is 12.4. The lowest BCUT2D eigenvalue weighted by atomic mass is 10.1. The Balaban J connectivity index is 2.49. The molecule has 0 spiro atoms. The average Bonchev–Trinajstić information content (AvgIpc) is 2.44. The van der Waals surface area contributed by atoms with Crippen LogP contribution in [0.4, 0.5) is 11.4 Å². The Morgan fingerprint density at radius 1 is 1.14 bits per heavy atom. The summed E-state index contributed by atoms with van der Waals surface area (Å²) in [6.45, 7) is 5.81. The Morgan fingerprint density at radius 2 is 1.86 bits per heavy atom. The molecular formula is C16H14N2O4. The number of nitro groups is 1. The molecule has 0 N–H and O–H groups in total. The van der Waals surface area contributed by atoms with Crippen molar-refractivity contribution in [2.45, 2.75) is 20.8 Å². The number of hydrogen-bond acceptors (Lipinski definition) is 5. The van der Waals surface area contributed by atoms with Gasteiger partial charge in [-0.1, -0.05) is 6.07 Å². The van der Waals surface area contributed by atoms with E-state index in [0.29, 0.717) is 5.75 Å². The molecule has 0 heterocycles. The van der Waals surface area contributed by atoms with E-state index in [-0.39, 0.29) is 17.1 Å². The molecule has 0 amide bonds. The summed E-state index contributed by atoms with van der Waals surface area (Å²) < 4.78 is 5.75. The molecular weight excluding hydrogens is 284 g/mol. The normalized spacial score (nSPS) is 9.95. The van der Waals surface area contributed by atoms with Crippen LogP contribution >= 0.6 is 0 Å². The number of ether oxygens (including phenoxy) is 1. The van der Waals surface area contributed by atoms with Gasteiger partial charge in [-0.3, -0.25) is 10.1 Å². The Kier molecular flexibility index (Phi) is 4.34. The third-order valence-electron chi connectivity index (χ3n) is 3.25. The van der Waals surface area contributed by atoms with Gasteiger partial charge in [0.1, 0.15) is 11.5 Å². The van der Waals surface area contributed by atoms with Crippen LogP contribution in [0.1, 0.15) is 16.7 Å². The molecule has 0 atom stereocenters. The van der Waals surface area contributed by atoms with Gasteiger partial charge in [0.05, 0.1) is 16.7 Å². The quantitative estimate of drug-likeness (QED) is 0.365. The van der Waals surface area contributed by atoms with E-state index in [1.165, 1.54) is 24.3 Å². The first-order valence-electron chi connectivity index (χ1n) is 6.54. The van der Waals surface area contributed by atoms with Gasteiger partial charge in [0.15, 0.2) is 0 Å². The molecule has 6 heteroatoms. The minimum atomic E-state index is -0.564. The lowest BCUT2D eigenvalue weighted by molar-refractivity contribution is -0.384. The molecule has 6 nitrogen and oxygen atoms in total. The van der Waals surface area contributed by atoms with Gasteiger partial charge >= 0.3 is 0 Å². The highest BCUT2D eigenvalue weighted by molar-refractivity contribution is 5.58. The Labute approximate surface area is 127 Å².